The minimum atomic E-state index is -0.471. The maximum atomic E-state index is 12.0. The molecule has 1 aliphatic rings. The third-order valence-electron chi connectivity index (χ3n) is 3.65. The Kier molecular flexibility index (Phi) is 5.55. The third-order valence-corrected chi connectivity index (χ3v) is 3.65. The average Bonchev–Trinajstić information content (AvgIpc) is 2.37. The summed E-state index contributed by atoms with van der Waals surface area (Å²) < 4.78 is 0. The number of hydrogen-bond acceptors (Lipinski definition) is 4. The fraction of sp³-hybridized carbons (Fsp3) is 0.833. The SMILES string of the molecule is CNC(=O)NC(=O)C(C)N1C(C)CCCC1CN. The summed E-state index contributed by atoms with van der Waals surface area (Å²) in [5.41, 5.74) is 5.77. The molecule has 3 amide bonds. The van der Waals surface area contributed by atoms with Crippen LogP contribution in [-0.2, 0) is 4.79 Å². The third kappa shape index (κ3) is 3.43. The molecule has 1 saturated heterocycles. The van der Waals surface area contributed by atoms with E-state index in [-0.39, 0.29) is 18.0 Å². The largest absolute Gasteiger partial charge is 0.341 e. The van der Waals surface area contributed by atoms with E-state index in [0.29, 0.717) is 12.6 Å². The number of hydrogen-bond donors (Lipinski definition) is 3. The average molecular weight is 256 g/mol. The van der Waals surface area contributed by atoms with Crippen LogP contribution < -0.4 is 16.4 Å². The van der Waals surface area contributed by atoms with E-state index in [9.17, 15) is 9.59 Å². The molecule has 1 heterocycles. The number of nitrogens with two attached hydrogens (primary N) is 1. The van der Waals surface area contributed by atoms with Crippen LogP contribution in [0, 0.1) is 0 Å². The van der Waals surface area contributed by atoms with Crippen molar-refractivity contribution in [2.75, 3.05) is 13.6 Å². The molecule has 3 atom stereocenters. The molecule has 0 saturated carbocycles. The van der Waals surface area contributed by atoms with Crippen LogP contribution in [0.1, 0.15) is 33.1 Å². The summed E-state index contributed by atoms with van der Waals surface area (Å²) in [4.78, 5) is 25.2. The molecule has 104 valence electrons. The number of carbonyl (C=O) groups excluding carboxylic acids is 2. The van der Waals surface area contributed by atoms with Crippen molar-refractivity contribution < 1.29 is 9.59 Å². The van der Waals surface area contributed by atoms with Gasteiger partial charge in [-0.15, -0.1) is 0 Å². The Morgan fingerprint density at radius 1 is 1.44 bits per heavy atom. The minimum Gasteiger partial charge on any atom is -0.341 e. The fourth-order valence-electron chi connectivity index (χ4n) is 2.66. The molecule has 1 rings (SSSR count). The van der Waals surface area contributed by atoms with Gasteiger partial charge in [0.05, 0.1) is 6.04 Å². The van der Waals surface area contributed by atoms with Crippen molar-refractivity contribution in [1.82, 2.24) is 15.5 Å². The lowest BCUT2D eigenvalue weighted by Crippen LogP contribution is -2.58. The van der Waals surface area contributed by atoms with E-state index in [1.807, 2.05) is 6.92 Å². The molecule has 0 aromatic carbocycles. The molecule has 0 spiro atoms. The monoisotopic (exact) mass is 256 g/mol. The van der Waals surface area contributed by atoms with Gasteiger partial charge in [-0.2, -0.15) is 0 Å². The molecule has 0 aliphatic carbocycles. The van der Waals surface area contributed by atoms with Crippen LogP contribution in [0.5, 0.6) is 0 Å². The highest BCUT2D eigenvalue weighted by molar-refractivity contribution is 5.96. The van der Waals surface area contributed by atoms with Crippen LogP contribution in [0.4, 0.5) is 4.79 Å². The van der Waals surface area contributed by atoms with Gasteiger partial charge in [0.15, 0.2) is 0 Å². The Bertz CT molecular complexity index is 308. The smallest absolute Gasteiger partial charge is 0.321 e. The molecule has 0 radical (unpaired) electrons. The number of imide groups is 1. The van der Waals surface area contributed by atoms with Crippen LogP contribution in [0.25, 0.3) is 0 Å². The predicted molar refractivity (Wildman–Crippen MR) is 70.1 cm³/mol. The Labute approximate surface area is 108 Å². The van der Waals surface area contributed by atoms with E-state index in [4.69, 9.17) is 5.73 Å². The zero-order valence-corrected chi connectivity index (χ0v) is 11.4. The second-order valence-corrected chi connectivity index (χ2v) is 4.86. The molecule has 3 unspecified atom stereocenters. The summed E-state index contributed by atoms with van der Waals surface area (Å²) in [5, 5.41) is 4.70. The van der Waals surface area contributed by atoms with Crippen molar-refractivity contribution in [3.63, 3.8) is 0 Å². The van der Waals surface area contributed by atoms with Gasteiger partial charge >= 0.3 is 6.03 Å². The van der Waals surface area contributed by atoms with Crippen molar-refractivity contribution in [2.45, 2.75) is 51.2 Å². The number of rotatable bonds is 3. The molecular weight excluding hydrogens is 232 g/mol. The highest BCUT2D eigenvalue weighted by Crippen LogP contribution is 2.24. The standard InChI is InChI=1S/C12H24N4O2/c1-8-5-4-6-10(7-13)16(8)9(2)11(17)15-12(18)14-3/h8-10H,4-7,13H2,1-3H3,(H2,14,15,17,18). The summed E-state index contributed by atoms with van der Waals surface area (Å²) in [6.07, 6.45) is 3.22. The number of nitrogens with one attached hydrogen (secondary N) is 2. The zero-order chi connectivity index (χ0) is 13.7. The first-order valence-electron chi connectivity index (χ1n) is 6.51. The van der Waals surface area contributed by atoms with Gasteiger partial charge in [-0.05, 0) is 26.7 Å². The lowest BCUT2D eigenvalue weighted by Gasteiger charge is -2.43. The Hall–Kier alpha value is -1.14. The van der Waals surface area contributed by atoms with Gasteiger partial charge < -0.3 is 11.1 Å². The first kappa shape index (κ1) is 14.9. The summed E-state index contributed by atoms with van der Waals surface area (Å²) in [6, 6.07) is -0.274. The highest BCUT2D eigenvalue weighted by atomic mass is 16.2. The molecule has 0 aromatic rings. The first-order chi connectivity index (χ1) is 8.51. The topological polar surface area (TPSA) is 87.5 Å². The van der Waals surface area contributed by atoms with Gasteiger partial charge in [-0.25, -0.2) is 4.79 Å². The molecule has 1 aliphatic heterocycles. The lowest BCUT2D eigenvalue weighted by molar-refractivity contribution is -0.127. The van der Waals surface area contributed by atoms with Crippen molar-refractivity contribution in [1.29, 1.82) is 0 Å². The van der Waals surface area contributed by atoms with Gasteiger partial charge in [-0.3, -0.25) is 15.0 Å². The number of likely N-dealkylation sites (tertiary alicyclic amines) is 1. The van der Waals surface area contributed by atoms with Gasteiger partial charge in [0.25, 0.3) is 0 Å². The van der Waals surface area contributed by atoms with E-state index in [1.54, 1.807) is 0 Å². The lowest BCUT2D eigenvalue weighted by atomic mass is 9.94. The highest BCUT2D eigenvalue weighted by Gasteiger charge is 2.34. The maximum Gasteiger partial charge on any atom is 0.321 e. The second kappa shape index (κ2) is 6.70. The van der Waals surface area contributed by atoms with Gasteiger partial charge in [0, 0.05) is 25.7 Å². The fourth-order valence-corrected chi connectivity index (χ4v) is 2.66. The van der Waals surface area contributed by atoms with Crippen LogP contribution in [0.3, 0.4) is 0 Å². The van der Waals surface area contributed by atoms with Crippen molar-refractivity contribution in [2.24, 2.45) is 5.73 Å². The zero-order valence-electron chi connectivity index (χ0n) is 11.4. The van der Waals surface area contributed by atoms with Crippen LogP contribution in [-0.4, -0.2) is 48.6 Å². The number of piperidine rings is 1. The quantitative estimate of drug-likeness (QED) is 0.665. The number of urea groups is 1. The van der Waals surface area contributed by atoms with Gasteiger partial charge in [0.2, 0.25) is 5.91 Å². The number of carbonyl (C=O) groups is 2. The van der Waals surface area contributed by atoms with Crippen molar-refractivity contribution >= 4 is 11.9 Å². The van der Waals surface area contributed by atoms with E-state index >= 15 is 0 Å². The molecule has 0 bridgehead atoms. The molecule has 4 N–H and O–H groups in total. The Morgan fingerprint density at radius 2 is 2.11 bits per heavy atom. The molecule has 0 aromatic heterocycles. The maximum absolute atomic E-state index is 12.0. The van der Waals surface area contributed by atoms with Crippen LogP contribution in [0.15, 0.2) is 0 Å². The molecule has 6 heteroatoms. The summed E-state index contributed by atoms with van der Waals surface area (Å²) >= 11 is 0. The second-order valence-electron chi connectivity index (χ2n) is 4.86. The van der Waals surface area contributed by atoms with E-state index in [1.165, 1.54) is 7.05 Å². The normalized spacial score (nSPS) is 26.4. The number of nitrogens with zero attached hydrogens (tertiary/aromatic N) is 1. The van der Waals surface area contributed by atoms with E-state index in [0.717, 1.165) is 19.3 Å². The van der Waals surface area contributed by atoms with Crippen LogP contribution >= 0.6 is 0 Å². The molecule has 18 heavy (non-hydrogen) atoms. The van der Waals surface area contributed by atoms with E-state index < -0.39 is 6.03 Å². The Balaban J connectivity index is 2.69. The molecular formula is C12H24N4O2. The molecule has 6 nitrogen and oxygen atoms in total. The van der Waals surface area contributed by atoms with Crippen molar-refractivity contribution in [3.8, 4) is 0 Å². The molecule has 1 fully saturated rings. The first-order valence-corrected chi connectivity index (χ1v) is 6.51. The minimum absolute atomic E-state index is 0.221. The predicted octanol–water partition coefficient (Wildman–Crippen LogP) is 0.0322. The number of amides is 3. The summed E-state index contributed by atoms with van der Waals surface area (Å²) in [7, 11) is 1.49. The van der Waals surface area contributed by atoms with E-state index in [2.05, 4.69) is 22.5 Å². The van der Waals surface area contributed by atoms with Crippen LogP contribution in [0.2, 0.25) is 0 Å². The van der Waals surface area contributed by atoms with Gasteiger partial charge in [-0.1, -0.05) is 6.42 Å². The van der Waals surface area contributed by atoms with Gasteiger partial charge in [0.1, 0.15) is 0 Å². The van der Waals surface area contributed by atoms with Crippen molar-refractivity contribution in [3.05, 3.63) is 0 Å². The summed E-state index contributed by atoms with van der Waals surface area (Å²) in [5.74, 6) is -0.276. The summed E-state index contributed by atoms with van der Waals surface area (Å²) in [6.45, 7) is 4.47. The Morgan fingerprint density at radius 3 is 2.67 bits per heavy atom.